The molecular weight excluding hydrogens is 124 g/mol. The molecule has 2 heteroatoms. The molecule has 0 spiro atoms. The van der Waals surface area contributed by atoms with E-state index in [2.05, 4.69) is 16.6 Å². The van der Waals surface area contributed by atoms with E-state index >= 15 is 0 Å². The van der Waals surface area contributed by atoms with Crippen LogP contribution in [0.5, 0.6) is 0 Å². The molecule has 56 valence electrons. The van der Waals surface area contributed by atoms with E-state index in [1.165, 1.54) is 0 Å². The summed E-state index contributed by atoms with van der Waals surface area (Å²) < 4.78 is 0. The van der Waals surface area contributed by atoms with Gasteiger partial charge in [0, 0.05) is 6.21 Å². The molecule has 2 nitrogen and oxygen atoms in total. The standard InChI is InChI=1S/C8H14N2/c1-5-9-8(4)10-6-7(2)3/h5H,2,6H2,1,3-4H3/b9-5-,10-8-. The summed E-state index contributed by atoms with van der Waals surface area (Å²) in [7, 11) is 0. The Morgan fingerprint density at radius 2 is 2.10 bits per heavy atom. The highest BCUT2D eigenvalue weighted by Crippen LogP contribution is 1.88. The summed E-state index contributed by atoms with van der Waals surface area (Å²) in [6.07, 6.45) is 1.73. The summed E-state index contributed by atoms with van der Waals surface area (Å²) in [6, 6.07) is 0. The first kappa shape index (κ1) is 9.08. The first-order valence-corrected chi connectivity index (χ1v) is 3.31. The lowest BCUT2D eigenvalue weighted by Crippen LogP contribution is -1.89. The first-order valence-electron chi connectivity index (χ1n) is 3.31. The fourth-order valence-electron chi connectivity index (χ4n) is 0.477. The van der Waals surface area contributed by atoms with Crippen molar-refractivity contribution < 1.29 is 0 Å². The van der Waals surface area contributed by atoms with E-state index < -0.39 is 0 Å². The van der Waals surface area contributed by atoms with E-state index in [9.17, 15) is 0 Å². The molecule has 0 aliphatic heterocycles. The molecule has 0 fully saturated rings. The minimum Gasteiger partial charge on any atom is -0.266 e. The van der Waals surface area contributed by atoms with E-state index in [-0.39, 0.29) is 0 Å². The van der Waals surface area contributed by atoms with Crippen LogP contribution in [0.25, 0.3) is 0 Å². The molecule has 0 aromatic rings. The molecule has 0 radical (unpaired) electrons. The SMILES string of the molecule is C=C(C)C/N=C(C)\N=C/C. The number of rotatable bonds is 2. The maximum absolute atomic E-state index is 4.13. The zero-order valence-corrected chi connectivity index (χ0v) is 6.89. The normalized spacial score (nSPS) is 12.5. The fraction of sp³-hybridized carbons (Fsp3) is 0.500. The summed E-state index contributed by atoms with van der Waals surface area (Å²) in [5.41, 5.74) is 1.06. The van der Waals surface area contributed by atoms with E-state index in [0.717, 1.165) is 11.4 Å². The van der Waals surface area contributed by atoms with Gasteiger partial charge < -0.3 is 0 Å². The largest absolute Gasteiger partial charge is 0.266 e. The summed E-state index contributed by atoms with van der Waals surface area (Å²) in [4.78, 5) is 8.11. The Kier molecular flexibility index (Phi) is 4.46. The zero-order chi connectivity index (χ0) is 7.98. The molecule has 0 aromatic carbocycles. The Labute approximate surface area is 62.4 Å². The van der Waals surface area contributed by atoms with Crippen molar-refractivity contribution in [2.24, 2.45) is 9.98 Å². The fourth-order valence-corrected chi connectivity index (χ4v) is 0.477. The maximum Gasteiger partial charge on any atom is 0.120 e. The van der Waals surface area contributed by atoms with Crippen molar-refractivity contribution in [3.63, 3.8) is 0 Å². The van der Waals surface area contributed by atoms with Crippen molar-refractivity contribution in [2.75, 3.05) is 6.54 Å². The Balaban J connectivity index is 3.80. The number of hydrogen-bond donors (Lipinski definition) is 0. The van der Waals surface area contributed by atoms with Gasteiger partial charge in [0.15, 0.2) is 0 Å². The molecule has 0 heterocycles. The highest BCUT2D eigenvalue weighted by molar-refractivity contribution is 5.86. The van der Waals surface area contributed by atoms with Crippen LogP contribution in [0.3, 0.4) is 0 Å². The van der Waals surface area contributed by atoms with Crippen LogP contribution in [0.4, 0.5) is 0 Å². The third-order valence-corrected chi connectivity index (χ3v) is 0.894. The van der Waals surface area contributed by atoms with Gasteiger partial charge in [-0.25, -0.2) is 4.99 Å². The van der Waals surface area contributed by atoms with Crippen LogP contribution in [0.15, 0.2) is 22.1 Å². The van der Waals surface area contributed by atoms with Gasteiger partial charge in [0.05, 0.1) is 6.54 Å². The van der Waals surface area contributed by atoms with Crippen molar-refractivity contribution in [3.8, 4) is 0 Å². The monoisotopic (exact) mass is 138 g/mol. The molecule has 0 unspecified atom stereocenters. The second-order valence-electron chi connectivity index (χ2n) is 2.21. The number of amidine groups is 1. The van der Waals surface area contributed by atoms with E-state index in [0.29, 0.717) is 6.54 Å². The van der Waals surface area contributed by atoms with Crippen LogP contribution in [-0.2, 0) is 0 Å². The van der Waals surface area contributed by atoms with Crippen LogP contribution in [-0.4, -0.2) is 18.6 Å². The molecule has 0 amide bonds. The minimum absolute atomic E-state index is 0.684. The number of hydrogen-bond acceptors (Lipinski definition) is 1. The van der Waals surface area contributed by atoms with Crippen molar-refractivity contribution >= 4 is 12.1 Å². The second kappa shape index (κ2) is 4.91. The van der Waals surface area contributed by atoms with E-state index in [4.69, 9.17) is 0 Å². The quantitative estimate of drug-likeness (QED) is 0.317. The highest BCUT2D eigenvalue weighted by atomic mass is 14.9. The molecule has 0 atom stereocenters. The molecule has 10 heavy (non-hydrogen) atoms. The predicted molar refractivity (Wildman–Crippen MR) is 47.0 cm³/mol. The third-order valence-electron chi connectivity index (χ3n) is 0.894. The topological polar surface area (TPSA) is 24.7 Å². The van der Waals surface area contributed by atoms with Crippen LogP contribution in [0, 0.1) is 0 Å². The van der Waals surface area contributed by atoms with Crippen LogP contribution >= 0.6 is 0 Å². The summed E-state index contributed by atoms with van der Waals surface area (Å²) >= 11 is 0. The average Bonchev–Trinajstić information content (AvgIpc) is 1.85. The van der Waals surface area contributed by atoms with Gasteiger partial charge in [-0.05, 0) is 20.8 Å². The maximum atomic E-state index is 4.13. The van der Waals surface area contributed by atoms with Gasteiger partial charge in [-0.15, -0.1) is 0 Å². The summed E-state index contributed by atoms with van der Waals surface area (Å²) in [5.74, 6) is 0.811. The number of nitrogens with zero attached hydrogens (tertiary/aromatic N) is 2. The van der Waals surface area contributed by atoms with Crippen molar-refractivity contribution in [1.82, 2.24) is 0 Å². The Hall–Kier alpha value is -0.920. The average molecular weight is 138 g/mol. The van der Waals surface area contributed by atoms with Crippen LogP contribution in [0.1, 0.15) is 20.8 Å². The Morgan fingerprint density at radius 3 is 2.50 bits per heavy atom. The lowest BCUT2D eigenvalue weighted by Gasteiger charge is -1.91. The molecular formula is C8H14N2. The number of aliphatic imine (C=N–C) groups is 2. The lowest BCUT2D eigenvalue weighted by atomic mass is 10.4. The van der Waals surface area contributed by atoms with Gasteiger partial charge in [0.2, 0.25) is 0 Å². The molecule has 0 saturated heterocycles. The predicted octanol–water partition coefficient (Wildman–Crippen LogP) is 2.07. The van der Waals surface area contributed by atoms with Gasteiger partial charge in [-0.3, -0.25) is 4.99 Å². The minimum atomic E-state index is 0.684. The molecule has 0 rings (SSSR count). The molecule has 0 aliphatic rings. The van der Waals surface area contributed by atoms with E-state index in [1.54, 1.807) is 6.21 Å². The van der Waals surface area contributed by atoms with Gasteiger partial charge in [-0.1, -0.05) is 12.2 Å². The summed E-state index contributed by atoms with van der Waals surface area (Å²) in [5, 5.41) is 0. The highest BCUT2D eigenvalue weighted by Gasteiger charge is 1.83. The van der Waals surface area contributed by atoms with Gasteiger partial charge in [-0.2, -0.15) is 0 Å². The third kappa shape index (κ3) is 5.22. The smallest absolute Gasteiger partial charge is 0.120 e. The van der Waals surface area contributed by atoms with Crippen LogP contribution < -0.4 is 0 Å². The first-order chi connectivity index (χ1) is 4.66. The molecule has 0 aromatic heterocycles. The summed E-state index contributed by atoms with van der Waals surface area (Å²) in [6.45, 7) is 10.1. The molecule has 0 bridgehead atoms. The zero-order valence-electron chi connectivity index (χ0n) is 6.89. The molecule has 0 saturated carbocycles. The van der Waals surface area contributed by atoms with Crippen molar-refractivity contribution in [1.29, 1.82) is 0 Å². The van der Waals surface area contributed by atoms with Gasteiger partial charge >= 0.3 is 0 Å². The Bertz CT molecular complexity index is 166. The molecule has 0 N–H and O–H groups in total. The van der Waals surface area contributed by atoms with Gasteiger partial charge in [0.1, 0.15) is 5.84 Å². The molecule has 0 aliphatic carbocycles. The Morgan fingerprint density at radius 1 is 1.50 bits per heavy atom. The lowest BCUT2D eigenvalue weighted by molar-refractivity contribution is 1.13. The van der Waals surface area contributed by atoms with Crippen molar-refractivity contribution in [3.05, 3.63) is 12.2 Å². The second-order valence-corrected chi connectivity index (χ2v) is 2.21. The van der Waals surface area contributed by atoms with Crippen molar-refractivity contribution in [2.45, 2.75) is 20.8 Å². The van der Waals surface area contributed by atoms with Crippen LogP contribution in [0.2, 0.25) is 0 Å². The van der Waals surface area contributed by atoms with E-state index in [1.807, 2.05) is 20.8 Å². The van der Waals surface area contributed by atoms with Gasteiger partial charge in [0.25, 0.3) is 0 Å².